The number of thiophene rings is 1. The maximum Gasteiger partial charge on any atom is 0.242 e. The molecule has 2 unspecified atom stereocenters. The standard InChI is InChI=1S/C15H16N2OS/c16-14(13-6-3-9-19-13)15(18)17-12-8-7-10-4-1-2-5-11(10)12/h1-6,9,12,14H,7-8,16H2,(H,17,18). The molecule has 2 atom stereocenters. The van der Waals surface area contributed by atoms with Gasteiger partial charge >= 0.3 is 0 Å². The molecule has 1 aromatic heterocycles. The summed E-state index contributed by atoms with van der Waals surface area (Å²) in [6.07, 6.45) is 1.98. The lowest BCUT2D eigenvalue weighted by molar-refractivity contribution is -0.123. The monoisotopic (exact) mass is 272 g/mol. The van der Waals surface area contributed by atoms with Crippen LogP contribution in [0, 0.1) is 0 Å². The summed E-state index contributed by atoms with van der Waals surface area (Å²) >= 11 is 1.52. The molecule has 0 aliphatic heterocycles. The van der Waals surface area contributed by atoms with Crippen molar-refractivity contribution in [3.05, 3.63) is 57.8 Å². The first-order chi connectivity index (χ1) is 9.25. The van der Waals surface area contributed by atoms with Gasteiger partial charge in [0.25, 0.3) is 0 Å². The van der Waals surface area contributed by atoms with Gasteiger partial charge in [-0.2, -0.15) is 0 Å². The molecule has 0 saturated heterocycles. The second-order valence-corrected chi connectivity index (χ2v) is 5.77. The summed E-state index contributed by atoms with van der Waals surface area (Å²) in [6.45, 7) is 0. The number of hydrogen-bond donors (Lipinski definition) is 2. The predicted octanol–water partition coefficient (Wildman–Crippen LogP) is 2.55. The lowest BCUT2D eigenvalue weighted by Crippen LogP contribution is -2.35. The first-order valence-electron chi connectivity index (χ1n) is 6.43. The number of carbonyl (C=O) groups excluding carboxylic acids is 1. The van der Waals surface area contributed by atoms with E-state index in [2.05, 4.69) is 17.4 Å². The normalized spacial score (nSPS) is 18.9. The van der Waals surface area contributed by atoms with Crippen LogP contribution in [0.3, 0.4) is 0 Å². The van der Waals surface area contributed by atoms with E-state index in [4.69, 9.17) is 5.73 Å². The Morgan fingerprint density at radius 1 is 1.32 bits per heavy atom. The summed E-state index contributed by atoms with van der Waals surface area (Å²) in [4.78, 5) is 13.1. The van der Waals surface area contributed by atoms with Crippen LogP contribution in [0.1, 0.15) is 34.5 Å². The number of rotatable bonds is 3. The predicted molar refractivity (Wildman–Crippen MR) is 76.9 cm³/mol. The van der Waals surface area contributed by atoms with E-state index in [1.807, 2.05) is 29.6 Å². The lowest BCUT2D eigenvalue weighted by atomic mass is 10.1. The topological polar surface area (TPSA) is 55.1 Å². The number of nitrogens with two attached hydrogens (primary N) is 1. The van der Waals surface area contributed by atoms with Crippen LogP contribution in [0.5, 0.6) is 0 Å². The van der Waals surface area contributed by atoms with Crippen LogP contribution in [-0.2, 0) is 11.2 Å². The highest BCUT2D eigenvalue weighted by Crippen LogP contribution is 2.31. The zero-order valence-corrected chi connectivity index (χ0v) is 11.3. The largest absolute Gasteiger partial charge is 0.348 e. The summed E-state index contributed by atoms with van der Waals surface area (Å²) < 4.78 is 0. The maximum atomic E-state index is 12.2. The van der Waals surface area contributed by atoms with Gasteiger partial charge in [-0.25, -0.2) is 0 Å². The van der Waals surface area contributed by atoms with Gasteiger partial charge in [-0.1, -0.05) is 30.3 Å². The van der Waals surface area contributed by atoms with Crippen LogP contribution in [0.25, 0.3) is 0 Å². The minimum absolute atomic E-state index is 0.0934. The van der Waals surface area contributed by atoms with E-state index in [1.165, 1.54) is 22.5 Å². The van der Waals surface area contributed by atoms with Gasteiger partial charge in [-0.3, -0.25) is 4.79 Å². The fraction of sp³-hybridized carbons (Fsp3) is 0.267. The van der Waals surface area contributed by atoms with Crippen LogP contribution in [0.4, 0.5) is 0 Å². The number of benzene rings is 1. The Labute approximate surface area is 116 Å². The number of aryl methyl sites for hydroxylation is 1. The molecule has 3 N–H and O–H groups in total. The number of carbonyl (C=O) groups is 1. The fourth-order valence-corrected chi connectivity index (χ4v) is 3.29. The van der Waals surface area contributed by atoms with Crippen molar-refractivity contribution in [2.24, 2.45) is 5.73 Å². The maximum absolute atomic E-state index is 12.2. The molecule has 0 saturated carbocycles. The summed E-state index contributed by atoms with van der Waals surface area (Å²) in [5, 5.41) is 5.00. The highest BCUT2D eigenvalue weighted by atomic mass is 32.1. The Kier molecular flexibility index (Phi) is 3.36. The molecule has 1 aromatic carbocycles. The average Bonchev–Trinajstić information content (AvgIpc) is 3.08. The molecule has 1 aliphatic carbocycles. The van der Waals surface area contributed by atoms with Gasteiger partial charge in [0.05, 0.1) is 6.04 Å². The van der Waals surface area contributed by atoms with Crippen LogP contribution < -0.4 is 11.1 Å². The SMILES string of the molecule is NC(C(=O)NC1CCc2ccccc21)c1cccs1. The Morgan fingerprint density at radius 3 is 2.95 bits per heavy atom. The quantitative estimate of drug-likeness (QED) is 0.902. The van der Waals surface area contributed by atoms with Crippen molar-refractivity contribution in [3.8, 4) is 0 Å². The molecule has 1 amide bonds. The molecule has 98 valence electrons. The van der Waals surface area contributed by atoms with Gasteiger partial charge < -0.3 is 11.1 Å². The Morgan fingerprint density at radius 2 is 2.16 bits per heavy atom. The molecule has 1 heterocycles. The van der Waals surface area contributed by atoms with Crippen LogP contribution in [0.15, 0.2) is 41.8 Å². The van der Waals surface area contributed by atoms with Gasteiger partial charge in [0, 0.05) is 4.88 Å². The zero-order chi connectivity index (χ0) is 13.2. The summed E-state index contributed by atoms with van der Waals surface area (Å²) in [5.41, 5.74) is 8.54. The smallest absolute Gasteiger partial charge is 0.242 e. The highest BCUT2D eigenvalue weighted by molar-refractivity contribution is 7.10. The molecular formula is C15H16N2OS. The number of hydrogen-bond acceptors (Lipinski definition) is 3. The van der Waals surface area contributed by atoms with Crippen molar-refractivity contribution in [1.82, 2.24) is 5.32 Å². The molecule has 4 heteroatoms. The summed E-state index contributed by atoms with van der Waals surface area (Å²) in [6, 6.07) is 11.6. The van der Waals surface area contributed by atoms with Crippen molar-refractivity contribution in [1.29, 1.82) is 0 Å². The van der Waals surface area contributed by atoms with Crippen LogP contribution in [-0.4, -0.2) is 5.91 Å². The lowest BCUT2D eigenvalue weighted by Gasteiger charge is -2.17. The van der Waals surface area contributed by atoms with E-state index in [0.717, 1.165) is 17.7 Å². The zero-order valence-electron chi connectivity index (χ0n) is 10.5. The first-order valence-corrected chi connectivity index (χ1v) is 7.31. The van der Waals surface area contributed by atoms with Crippen LogP contribution in [0.2, 0.25) is 0 Å². The van der Waals surface area contributed by atoms with E-state index in [1.54, 1.807) is 0 Å². The Bertz CT molecular complexity index is 580. The second kappa shape index (κ2) is 5.15. The van der Waals surface area contributed by atoms with Crippen molar-refractivity contribution < 1.29 is 4.79 Å². The van der Waals surface area contributed by atoms with Gasteiger partial charge in [-0.05, 0) is 35.4 Å². The number of fused-ring (bicyclic) bond motifs is 1. The number of amides is 1. The minimum atomic E-state index is -0.562. The molecule has 19 heavy (non-hydrogen) atoms. The average molecular weight is 272 g/mol. The third-order valence-electron chi connectivity index (χ3n) is 3.58. The Balaban J connectivity index is 1.71. The molecule has 0 radical (unpaired) electrons. The van der Waals surface area contributed by atoms with Gasteiger partial charge in [0.2, 0.25) is 5.91 Å². The minimum Gasteiger partial charge on any atom is -0.348 e. The first kappa shape index (κ1) is 12.4. The molecular weight excluding hydrogens is 256 g/mol. The highest BCUT2D eigenvalue weighted by Gasteiger charge is 2.26. The van der Waals surface area contributed by atoms with Gasteiger partial charge in [0.1, 0.15) is 6.04 Å². The van der Waals surface area contributed by atoms with E-state index < -0.39 is 6.04 Å². The molecule has 3 rings (SSSR count). The second-order valence-electron chi connectivity index (χ2n) is 4.79. The van der Waals surface area contributed by atoms with Crippen molar-refractivity contribution >= 4 is 17.2 Å². The van der Waals surface area contributed by atoms with Crippen molar-refractivity contribution in [2.75, 3.05) is 0 Å². The molecule has 1 aliphatic rings. The van der Waals surface area contributed by atoms with Gasteiger partial charge in [-0.15, -0.1) is 11.3 Å². The van der Waals surface area contributed by atoms with E-state index in [-0.39, 0.29) is 11.9 Å². The van der Waals surface area contributed by atoms with Gasteiger partial charge in [0.15, 0.2) is 0 Å². The summed E-state index contributed by atoms with van der Waals surface area (Å²) in [7, 11) is 0. The van der Waals surface area contributed by atoms with Crippen molar-refractivity contribution in [2.45, 2.75) is 24.9 Å². The molecule has 0 fully saturated rings. The van der Waals surface area contributed by atoms with Crippen LogP contribution >= 0.6 is 11.3 Å². The third kappa shape index (κ3) is 2.41. The molecule has 0 spiro atoms. The molecule has 3 nitrogen and oxygen atoms in total. The third-order valence-corrected chi connectivity index (χ3v) is 4.54. The van der Waals surface area contributed by atoms with Crippen molar-refractivity contribution in [3.63, 3.8) is 0 Å². The fourth-order valence-electron chi connectivity index (χ4n) is 2.57. The van der Waals surface area contributed by atoms with E-state index >= 15 is 0 Å². The molecule has 0 bridgehead atoms. The Hall–Kier alpha value is -1.65. The molecule has 2 aromatic rings. The summed E-state index contributed by atoms with van der Waals surface area (Å²) in [5.74, 6) is -0.0934. The van der Waals surface area contributed by atoms with E-state index in [9.17, 15) is 4.79 Å². The number of nitrogens with one attached hydrogen (secondary N) is 1. The van der Waals surface area contributed by atoms with E-state index in [0.29, 0.717) is 0 Å².